The van der Waals surface area contributed by atoms with E-state index < -0.39 is 48.0 Å². The van der Waals surface area contributed by atoms with Gasteiger partial charge in [-0.3, -0.25) is 14.4 Å². The molecule has 16 heteroatoms. The summed E-state index contributed by atoms with van der Waals surface area (Å²) in [6.07, 6.45) is -1.83. The third-order valence-electron chi connectivity index (χ3n) is 5.49. The first-order valence-corrected chi connectivity index (χ1v) is 12.0. The number of carbonyl (C=O) groups excluding carboxylic acids is 2. The molecule has 0 aliphatic heterocycles. The second kappa shape index (κ2) is 13.0. The van der Waals surface area contributed by atoms with E-state index in [1.54, 1.807) is 14.1 Å². The number of amides is 3. The van der Waals surface area contributed by atoms with Crippen LogP contribution in [0.3, 0.4) is 0 Å². The van der Waals surface area contributed by atoms with E-state index in [-0.39, 0.29) is 47.8 Å². The fraction of sp³-hybridized carbons (Fsp3) is 0.320. The number of aromatic amines is 1. The van der Waals surface area contributed by atoms with Crippen LogP contribution in [-0.4, -0.2) is 75.4 Å². The van der Waals surface area contributed by atoms with Crippen LogP contribution in [0.1, 0.15) is 18.7 Å². The molecule has 1 aromatic carbocycles. The number of rotatable bonds is 11. The summed E-state index contributed by atoms with van der Waals surface area (Å²) in [5, 5.41) is 13.6. The van der Waals surface area contributed by atoms with Crippen LogP contribution in [0.15, 0.2) is 47.4 Å². The van der Waals surface area contributed by atoms with Gasteiger partial charge in [0.05, 0.1) is 12.1 Å². The molecule has 0 saturated carbocycles. The van der Waals surface area contributed by atoms with Crippen molar-refractivity contribution < 1.29 is 41.8 Å². The van der Waals surface area contributed by atoms with Crippen molar-refractivity contribution in [2.75, 3.05) is 26.0 Å². The molecule has 4 N–H and O–H groups in total. The predicted molar refractivity (Wildman–Crippen MR) is 138 cm³/mol. The molecule has 0 spiro atoms. The minimum Gasteiger partial charge on any atom is -0.482 e. The van der Waals surface area contributed by atoms with E-state index in [2.05, 4.69) is 25.3 Å². The molecule has 2 heterocycles. The Morgan fingerprint density at radius 1 is 1.27 bits per heavy atom. The molecular weight excluding hydrogens is 556 g/mol. The lowest BCUT2D eigenvalue weighted by Crippen LogP contribution is -2.44. The number of alkyl halides is 3. The zero-order valence-corrected chi connectivity index (χ0v) is 21.8. The molecule has 12 nitrogen and oxygen atoms in total. The Morgan fingerprint density at radius 3 is 2.66 bits per heavy atom. The largest absolute Gasteiger partial charge is 0.482 e. The molecule has 0 fully saturated rings. The first-order valence-electron chi connectivity index (χ1n) is 12.0. The van der Waals surface area contributed by atoms with Crippen LogP contribution in [0.25, 0.3) is 11.0 Å². The van der Waals surface area contributed by atoms with Crippen LogP contribution in [0.5, 0.6) is 5.75 Å². The number of ether oxygens (including phenoxy) is 1. The fourth-order valence-corrected chi connectivity index (χ4v) is 3.60. The Hall–Kier alpha value is -4.89. The van der Waals surface area contributed by atoms with E-state index >= 15 is 0 Å². The van der Waals surface area contributed by atoms with Crippen molar-refractivity contribution in [3.8, 4) is 5.75 Å². The van der Waals surface area contributed by atoms with Crippen molar-refractivity contribution in [3.63, 3.8) is 0 Å². The summed E-state index contributed by atoms with van der Waals surface area (Å²) in [6.45, 7) is -1.89. The van der Waals surface area contributed by atoms with Gasteiger partial charge in [0.2, 0.25) is 11.8 Å². The number of hydrogen-bond donors (Lipinski definition) is 4. The number of allylic oxidation sites excluding steroid dienone is 1. The van der Waals surface area contributed by atoms with Crippen molar-refractivity contribution >= 4 is 34.6 Å². The average Bonchev–Trinajstić information content (AvgIpc) is 3.28. The summed E-state index contributed by atoms with van der Waals surface area (Å²) in [5.74, 6) is -2.33. The van der Waals surface area contributed by atoms with E-state index in [0.717, 1.165) is 16.7 Å². The smallest absolute Gasteiger partial charge is 0.422 e. The predicted octanol–water partition coefficient (Wildman–Crippen LogP) is 2.85. The van der Waals surface area contributed by atoms with Crippen molar-refractivity contribution in [3.05, 3.63) is 64.6 Å². The van der Waals surface area contributed by atoms with E-state index in [4.69, 9.17) is 5.11 Å². The Labute approximate surface area is 229 Å². The number of benzene rings is 1. The monoisotopic (exact) mass is 582 g/mol. The van der Waals surface area contributed by atoms with Crippen LogP contribution in [-0.2, 0) is 16.1 Å². The molecule has 41 heavy (non-hydrogen) atoms. The zero-order valence-electron chi connectivity index (χ0n) is 21.8. The quantitative estimate of drug-likeness (QED) is 0.200. The van der Waals surface area contributed by atoms with Gasteiger partial charge in [0.1, 0.15) is 28.9 Å². The molecule has 0 radical (unpaired) electrons. The summed E-state index contributed by atoms with van der Waals surface area (Å²) in [7, 11) is 3.11. The molecule has 3 amide bonds. The fourth-order valence-electron chi connectivity index (χ4n) is 3.60. The van der Waals surface area contributed by atoms with Crippen molar-refractivity contribution in [2.24, 2.45) is 0 Å². The van der Waals surface area contributed by atoms with Gasteiger partial charge in [-0.05, 0) is 37.1 Å². The number of likely N-dealkylation sites (N-methyl/N-ethyl adjacent to an activating group) is 1. The van der Waals surface area contributed by atoms with Crippen molar-refractivity contribution in [1.82, 2.24) is 24.8 Å². The maximum atomic E-state index is 13.9. The van der Waals surface area contributed by atoms with E-state index in [1.165, 1.54) is 35.4 Å². The molecule has 3 rings (SSSR count). The number of imidazole rings is 1. The van der Waals surface area contributed by atoms with E-state index in [1.807, 2.05) is 0 Å². The van der Waals surface area contributed by atoms with Gasteiger partial charge >= 0.3 is 12.3 Å². The number of H-pyrrole nitrogens is 1. The molecule has 1 unspecified atom stereocenters. The molecular formula is C25H26F4N6O6. The molecule has 2 aromatic heterocycles. The standard InChI is InChI=1S/C25H26F4N6O6/c1-34(2)20(36)8-4-3-6-15(32-24(39)40)22(37)31-16-7-5-9-35(23(16)38)12-19-30-17-10-14(26)11-18(21(17)33-19)41-13-25(27,28)29/h4-5,7-11,15,32H,3,6,12-13H2,1-2H3,(H,30,33)(H,31,37)(H,39,40). The maximum Gasteiger partial charge on any atom is 0.422 e. The van der Waals surface area contributed by atoms with Gasteiger partial charge in [0.15, 0.2) is 12.4 Å². The van der Waals surface area contributed by atoms with Gasteiger partial charge in [0.25, 0.3) is 5.56 Å². The highest BCUT2D eigenvalue weighted by atomic mass is 19.4. The lowest BCUT2D eigenvalue weighted by molar-refractivity contribution is -0.153. The molecule has 1 atom stereocenters. The van der Waals surface area contributed by atoms with E-state index in [9.17, 15) is 36.7 Å². The Balaban J connectivity index is 1.77. The topological polar surface area (TPSA) is 159 Å². The summed E-state index contributed by atoms with van der Waals surface area (Å²) < 4.78 is 57.5. The minimum absolute atomic E-state index is 0.00927. The first-order chi connectivity index (χ1) is 19.2. The van der Waals surface area contributed by atoms with Crippen LogP contribution in [0, 0.1) is 5.82 Å². The highest BCUT2D eigenvalue weighted by Gasteiger charge is 2.29. The van der Waals surface area contributed by atoms with E-state index in [0.29, 0.717) is 0 Å². The van der Waals surface area contributed by atoms with Crippen LogP contribution >= 0.6 is 0 Å². The third-order valence-corrected chi connectivity index (χ3v) is 5.49. The number of aromatic nitrogens is 3. The number of nitrogens with zero attached hydrogens (tertiary/aromatic N) is 3. The minimum atomic E-state index is -4.66. The number of carboxylic acid groups (broad SMARTS) is 1. The van der Waals surface area contributed by atoms with Gasteiger partial charge < -0.3 is 34.9 Å². The number of halogens is 4. The molecule has 0 aliphatic rings. The van der Waals surface area contributed by atoms with Gasteiger partial charge in [-0.25, -0.2) is 14.2 Å². The average molecular weight is 583 g/mol. The summed E-state index contributed by atoms with van der Waals surface area (Å²) >= 11 is 0. The van der Waals surface area contributed by atoms with Crippen LogP contribution < -0.4 is 20.9 Å². The number of hydrogen-bond acceptors (Lipinski definition) is 6. The lowest BCUT2D eigenvalue weighted by atomic mass is 10.1. The first kappa shape index (κ1) is 30.6. The van der Waals surface area contributed by atoms with Gasteiger partial charge in [-0.2, -0.15) is 13.2 Å². The summed E-state index contributed by atoms with van der Waals surface area (Å²) in [4.78, 5) is 56.8. The molecule has 0 bridgehead atoms. The molecule has 220 valence electrons. The summed E-state index contributed by atoms with van der Waals surface area (Å²) in [6, 6.07) is 3.24. The normalized spacial score (nSPS) is 12.3. The molecule has 0 aliphatic carbocycles. The van der Waals surface area contributed by atoms with Crippen molar-refractivity contribution in [1.29, 1.82) is 0 Å². The van der Waals surface area contributed by atoms with Crippen molar-refractivity contribution in [2.45, 2.75) is 31.6 Å². The third kappa shape index (κ3) is 8.81. The number of carbonyl (C=O) groups is 3. The Morgan fingerprint density at radius 2 is 2.00 bits per heavy atom. The number of fused-ring (bicyclic) bond motifs is 1. The Bertz CT molecular complexity index is 1510. The number of anilines is 1. The summed E-state index contributed by atoms with van der Waals surface area (Å²) in [5.41, 5.74) is -0.929. The number of nitrogens with one attached hydrogen (secondary N) is 3. The second-order valence-electron chi connectivity index (χ2n) is 8.95. The molecule has 3 aromatic rings. The number of pyridine rings is 1. The highest BCUT2D eigenvalue weighted by Crippen LogP contribution is 2.27. The van der Waals surface area contributed by atoms with Crippen LogP contribution in [0.4, 0.5) is 28.0 Å². The Kier molecular flexibility index (Phi) is 9.70. The van der Waals surface area contributed by atoms with Gasteiger partial charge in [0, 0.05) is 26.4 Å². The highest BCUT2D eigenvalue weighted by molar-refractivity contribution is 5.96. The zero-order chi connectivity index (χ0) is 30.3. The van der Waals surface area contributed by atoms with Gasteiger partial charge in [-0.1, -0.05) is 6.08 Å². The second-order valence-corrected chi connectivity index (χ2v) is 8.95. The van der Waals surface area contributed by atoms with Crippen LogP contribution in [0.2, 0.25) is 0 Å². The van der Waals surface area contributed by atoms with Gasteiger partial charge in [-0.15, -0.1) is 0 Å². The lowest BCUT2D eigenvalue weighted by Gasteiger charge is -2.16. The SMILES string of the molecule is CN(C)C(=O)C=CCCC(NC(=O)O)C(=O)Nc1cccn(Cc2nc3c(OCC(F)(F)F)cc(F)cc3[nH]2)c1=O. The molecule has 0 saturated heterocycles. The maximum absolute atomic E-state index is 13.9.